The van der Waals surface area contributed by atoms with Gasteiger partial charge in [0.2, 0.25) is 0 Å². The number of imide groups is 1. The molecule has 0 saturated carbocycles. The van der Waals surface area contributed by atoms with Gasteiger partial charge in [-0.3, -0.25) is 9.59 Å². The van der Waals surface area contributed by atoms with Gasteiger partial charge in [0, 0.05) is 13.6 Å². The number of rotatable bonds is 8. The van der Waals surface area contributed by atoms with Crippen LogP contribution in [0.15, 0.2) is 78.5 Å². The maximum atomic E-state index is 13.8. The molecule has 4 rings (SSSR count). The van der Waals surface area contributed by atoms with Crippen LogP contribution in [0.3, 0.4) is 0 Å². The lowest BCUT2D eigenvalue weighted by molar-refractivity contribution is -0.120. The van der Waals surface area contributed by atoms with Crippen LogP contribution in [-0.4, -0.2) is 23.8 Å². The predicted octanol–water partition coefficient (Wildman–Crippen LogP) is 6.06. The number of hydrogen-bond acceptors (Lipinski definition) is 3. The van der Waals surface area contributed by atoms with E-state index >= 15 is 0 Å². The molecule has 0 spiro atoms. The number of amides is 2. The van der Waals surface area contributed by atoms with Gasteiger partial charge in [-0.2, -0.15) is 0 Å². The van der Waals surface area contributed by atoms with Crippen LogP contribution in [0, 0.1) is 13.8 Å². The van der Waals surface area contributed by atoms with Crippen LogP contribution >= 0.6 is 0 Å². The molecule has 0 saturated heterocycles. The third kappa shape index (κ3) is 4.67. The van der Waals surface area contributed by atoms with Crippen molar-refractivity contribution in [3.05, 3.63) is 106 Å². The number of likely N-dealkylation sites (N-methyl/N-ethyl adjacent to an activating group) is 1. The van der Waals surface area contributed by atoms with Gasteiger partial charge in [-0.15, -0.1) is 0 Å². The van der Waals surface area contributed by atoms with Gasteiger partial charge >= 0.3 is 0 Å². The first kappa shape index (κ1) is 23.5. The summed E-state index contributed by atoms with van der Waals surface area (Å²) in [5.41, 5.74) is 6.73. The summed E-state index contributed by atoms with van der Waals surface area (Å²) in [6.07, 6.45) is 3.24. The SMILES string of the molecule is CCCCc1ccc(N2C(=O)C(c3ccc(C)cc3C)=C(N(C)Cc3ccccc3)C2=O)cc1. The Balaban J connectivity index is 1.75. The Kier molecular flexibility index (Phi) is 6.97. The molecule has 0 atom stereocenters. The maximum Gasteiger partial charge on any atom is 0.282 e. The van der Waals surface area contributed by atoms with Crippen LogP contribution in [-0.2, 0) is 22.6 Å². The van der Waals surface area contributed by atoms with Crippen molar-refractivity contribution in [2.24, 2.45) is 0 Å². The van der Waals surface area contributed by atoms with E-state index in [1.54, 1.807) is 0 Å². The smallest absolute Gasteiger partial charge is 0.282 e. The molecule has 0 unspecified atom stereocenters. The summed E-state index contributed by atoms with van der Waals surface area (Å²) < 4.78 is 0. The van der Waals surface area contributed by atoms with E-state index in [9.17, 15) is 9.59 Å². The molecular formula is C30H32N2O2. The van der Waals surface area contributed by atoms with Gasteiger partial charge in [-0.25, -0.2) is 4.90 Å². The first-order valence-electron chi connectivity index (χ1n) is 12.0. The van der Waals surface area contributed by atoms with Crippen LogP contribution in [0.25, 0.3) is 5.57 Å². The number of carbonyl (C=O) groups is 2. The Bertz CT molecular complexity index is 1230. The van der Waals surface area contributed by atoms with Gasteiger partial charge in [-0.1, -0.05) is 79.6 Å². The predicted molar refractivity (Wildman–Crippen MR) is 138 cm³/mol. The lowest BCUT2D eigenvalue weighted by atomic mass is 9.97. The van der Waals surface area contributed by atoms with Crippen LogP contribution in [0.4, 0.5) is 5.69 Å². The number of nitrogens with zero attached hydrogens (tertiary/aromatic N) is 2. The summed E-state index contributed by atoms with van der Waals surface area (Å²) in [6.45, 7) is 6.73. The van der Waals surface area contributed by atoms with Crippen LogP contribution in [0.1, 0.15) is 47.6 Å². The Morgan fingerprint density at radius 3 is 2.18 bits per heavy atom. The fourth-order valence-electron chi connectivity index (χ4n) is 4.57. The topological polar surface area (TPSA) is 40.6 Å². The number of hydrogen-bond donors (Lipinski definition) is 0. The number of benzene rings is 3. The zero-order valence-corrected chi connectivity index (χ0v) is 20.5. The number of aryl methyl sites for hydroxylation is 3. The van der Waals surface area contributed by atoms with Crippen LogP contribution in [0.2, 0.25) is 0 Å². The zero-order valence-electron chi connectivity index (χ0n) is 20.5. The Labute approximate surface area is 202 Å². The monoisotopic (exact) mass is 452 g/mol. The van der Waals surface area contributed by atoms with Crippen molar-refractivity contribution < 1.29 is 9.59 Å². The molecule has 1 aliphatic rings. The molecule has 2 amide bonds. The highest BCUT2D eigenvalue weighted by Gasteiger charge is 2.42. The van der Waals surface area contributed by atoms with Crippen LogP contribution < -0.4 is 4.90 Å². The molecular weight excluding hydrogens is 420 g/mol. The molecule has 0 aromatic heterocycles. The lowest BCUT2D eigenvalue weighted by Gasteiger charge is -2.22. The molecule has 0 radical (unpaired) electrons. The molecule has 174 valence electrons. The number of anilines is 1. The first-order chi connectivity index (χ1) is 16.4. The van der Waals surface area contributed by atoms with E-state index in [4.69, 9.17) is 0 Å². The van der Waals surface area contributed by atoms with E-state index in [1.165, 1.54) is 10.5 Å². The van der Waals surface area contributed by atoms with Gasteiger partial charge in [0.1, 0.15) is 5.70 Å². The van der Waals surface area contributed by atoms with E-state index in [1.807, 2.05) is 92.5 Å². The number of carbonyl (C=O) groups excluding carboxylic acids is 2. The van der Waals surface area contributed by atoms with E-state index in [0.29, 0.717) is 23.5 Å². The van der Waals surface area contributed by atoms with Gasteiger partial charge < -0.3 is 4.90 Å². The Hall–Kier alpha value is -3.66. The zero-order chi connectivity index (χ0) is 24.2. The molecule has 4 nitrogen and oxygen atoms in total. The normalized spacial score (nSPS) is 13.7. The maximum absolute atomic E-state index is 13.8. The van der Waals surface area contributed by atoms with Gasteiger partial charge in [0.25, 0.3) is 11.8 Å². The second kappa shape index (κ2) is 10.1. The third-order valence-corrected chi connectivity index (χ3v) is 6.37. The van der Waals surface area contributed by atoms with Crippen molar-refractivity contribution in [3.8, 4) is 0 Å². The minimum atomic E-state index is -0.278. The van der Waals surface area contributed by atoms with Crippen LogP contribution in [0.5, 0.6) is 0 Å². The molecule has 3 aromatic carbocycles. The van der Waals surface area contributed by atoms with Crippen molar-refractivity contribution in [1.29, 1.82) is 0 Å². The lowest BCUT2D eigenvalue weighted by Crippen LogP contribution is -2.34. The summed E-state index contributed by atoms with van der Waals surface area (Å²) in [4.78, 5) is 30.8. The van der Waals surface area contributed by atoms with E-state index in [0.717, 1.165) is 41.5 Å². The molecule has 0 fully saturated rings. The largest absolute Gasteiger partial charge is 0.365 e. The van der Waals surface area contributed by atoms with Crippen molar-refractivity contribution in [3.63, 3.8) is 0 Å². The van der Waals surface area contributed by atoms with E-state index in [2.05, 4.69) is 13.0 Å². The molecule has 1 aliphatic heterocycles. The highest BCUT2D eigenvalue weighted by molar-refractivity contribution is 6.45. The Morgan fingerprint density at radius 2 is 1.53 bits per heavy atom. The summed E-state index contributed by atoms with van der Waals surface area (Å²) in [5.74, 6) is -0.548. The van der Waals surface area contributed by atoms with E-state index in [-0.39, 0.29) is 11.8 Å². The van der Waals surface area contributed by atoms with Crippen molar-refractivity contribution in [1.82, 2.24) is 4.90 Å². The average molecular weight is 453 g/mol. The average Bonchev–Trinajstić information content (AvgIpc) is 3.08. The quantitative estimate of drug-likeness (QED) is 0.390. The fraction of sp³-hybridized carbons (Fsp3) is 0.267. The molecule has 4 heteroatoms. The molecule has 1 heterocycles. The van der Waals surface area contributed by atoms with E-state index < -0.39 is 0 Å². The van der Waals surface area contributed by atoms with Crippen molar-refractivity contribution in [2.75, 3.05) is 11.9 Å². The fourth-order valence-corrected chi connectivity index (χ4v) is 4.57. The van der Waals surface area contributed by atoms with Gasteiger partial charge in [0.05, 0.1) is 11.3 Å². The summed E-state index contributed by atoms with van der Waals surface area (Å²) >= 11 is 0. The second-order valence-electron chi connectivity index (χ2n) is 9.10. The Morgan fingerprint density at radius 1 is 0.824 bits per heavy atom. The molecule has 0 N–H and O–H groups in total. The summed E-state index contributed by atoms with van der Waals surface area (Å²) in [5, 5.41) is 0. The second-order valence-corrected chi connectivity index (χ2v) is 9.10. The molecule has 0 bridgehead atoms. The molecule has 0 aliphatic carbocycles. The summed E-state index contributed by atoms with van der Waals surface area (Å²) in [6, 6.07) is 23.8. The highest BCUT2D eigenvalue weighted by Crippen LogP contribution is 2.36. The molecule has 3 aromatic rings. The van der Waals surface area contributed by atoms with Gasteiger partial charge in [0.15, 0.2) is 0 Å². The van der Waals surface area contributed by atoms with Crippen molar-refractivity contribution in [2.45, 2.75) is 46.6 Å². The minimum Gasteiger partial charge on any atom is -0.365 e. The minimum absolute atomic E-state index is 0.270. The van der Waals surface area contributed by atoms with Gasteiger partial charge in [-0.05, 0) is 61.1 Å². The highest BCUT2D eigenvalue weighted by atomic mass is 16.2. The van der Waals surface area contributed by atoms with Crippen molar-refractivity contribution >= 4 is 23.1 Å². The standard InChI is InChI=1S/C30H32N2O2/c1-5-6-10-23-14-16-25(17-15-23)32-29(33)27(26-18-13-21(2)19-22(26)3)28(30(32)34)31(4)20-24-11-8-7-9-12-24/h7-9,11-19H,5-6,10,20H2,1-4H3. The third-order valence-electron chi connectivity index (χ3n) is 6.37. The number of unbranched alkanes of at least 4 members (excludes halogenated alkanes) is 1. The summed E-state index contributed by atoms with van der Waals surface area (Å²) in [7, 11) is 1.88. The molecule has 34 heavy (non-hydrogen) atoms. The first-order valence-corrected chi connectivity index (χ1v) is 12.0.